The molecule has 2 rings (SSSR count). The number of Topliss-reactive ketones (excluding diaryl/α,β-unsaturated/α-hetero) is 1. The third-order valence-electron chi connectivity index (χ3n) is 3.28. The first-order valence-corrected chi connectivity index (χ1v) is 6.68. The topological polar surface area (TPSA) is 54.4 Å². The van der Waals surface area contributed by atoms with Crippen LogP contribution in [0.4, 0.5) is 0 Å². The fraction of sp³-hybridized carbons (Fsp3) is 0.385. The maximum atomic E-state index is 12.1. The number of carboxylic acid groups (broad SMARTS) is 1. The van der Waals surface area contributed by atoms with E-state index in [9.17, 15) is 9.59 Å². The van der Waals surface area contributed by atoms with Gasteiger partial charge in [0.15, 0.2) is 5.78 Å². The highest BCUT2D eigenvalue weighted by molar-refractivity contribution is 14.1. The summed E-state index contributed by atoms with van der Waals surface area (Å²) >= 11 is 2.19. The van der Waals surface area contributed by atoms with Gasteiger partial charge < -0.3 is 5.11 Å². The third-order valence-corrected chi connectivity index (χ3v) is 4.00. The van der Waals surface area contributed by atoms with E-state index in [1.807, 2.05) is 24.3 Å². The van der Waals surface area contributed by atoms with Crippen molar-refractivity contribution in [1.82, 2.24) is 0 Å². The molecule has 90 valence electrons. The Kier molecular flexibility index (Phi) is 3.81. The van der Waals surface area contributed by atoms with Crippen molar-refractivity contribution in [3.8, 4) is 0 Å². The van der Waals surface area contributed by atoms with Crippen molar-refractivity contribution in [2.24, 2.45) is 11.8 Å². The van der Waals surface area contributed by atoms with E-state index in [-0.39, 0.29) is 17.6 Å². The number of hydrogen-bond acceptors (Lipinski definition) is 2. The van der Waals surface area contributed by atoms with Crippen molar-refractivity contribution < 1.29 is 14.7 Å². The molecule has 0 spiro atoms. The lowest BCUT2D eigenvalue weighted by molar-refractivity contribution is -0.141. The highest BCUT2D eigenvalue weighted by Gasteiger charge is 2.33. The van der Waals surface area contributed by atoms with Gasteiger partial charge in [0, 0.05) is 15.1 Å². The Morgan fingerprint density at radius 3 is 2.24 bits per heavy atom. The number of carbonyl (C=O) groups excluding carboxylic acids is 1. The zero-order valence-electron chi connectivity index (χ0n) is 9.23. The third kappa shape index (κ3) is 2.86. The minimum Gasteiger partial charge on any atom is -0.481 e. The maximum Gasteiger partial charge on any atom is 0.306 e. The Morgan fingerprint density at radius 2 is 1.71 bits per heavy atom. The minimum atomic E-state index is -0.775. The Hall–Kier alpha value is -0.910. The Labute approximate surface area is 113 Å². The number of carbonyl (C=O) groups is 2. The smallest absolute Gasteiger partial charge is 0.306 e. The fourth-order valence-corrected chi connectivity index (χ4v) is 2.65. The molecule has 1 N–H and O–H groups in total. The Bertz CT molecular complexity index is 438. The van der Waals surface area contributed by atoms with Gasteiger partial charge in [0.25, 0.3) is 0 Å². The second-order valence-corrected chi connectivity index (χ2v) is 5.66. The predicted molar refractivity (Wildman–Crippen MR) is 72.0 cm³/mol. The minimum absolute atomic E-state index is 0.0881. The van der Waals surface area contributed by atoms with Gasteiger partial charge in [0.1, 0.15) is 0 Å². The highest BCUT2D eigenvalue weighted by Crippen LogP contribution is 2.33. The molecule has 2 unspecified atom stereocenters. The molecule has 2 atom stereocenters. The summed E-state index contributed by atoms with van der Waals surface area (Å²) in [6, 6.07) is 7.44. The van der Waals surface area contributed by atoms with Gasteiger partial charge in [-0.2, -0.15) is 0 Å². The Morgan fingerprint density at radius 1 is 1.12 bits per heavy atom. The van der Waals surface area contributed by atoms with E-state index >= 15 is 0 Å². The van der Waals surface area contributed by atoms with Crippen molar-refractivity contribution in [3.63, 3.8) is 0 Å². The average molecular weight is 344 g/mol. The monoisotopic (exact) mass is 344 g/mol. The van der Waals surface area contributed by atoms with Crippen LogP contribution in [0.1, 0.15) is 29.6 Å². The summed E-state index contributed by atoms with van der Waals surface area (Å²) in [4.78, 5) is 23.0. The van der Waals surface area contributed by atoms with E-state index in [0.29, 0.717) is 24.8 Å². The number of aliphatic carboxylic acids is 1. The largest absolute Gasteiger partial charge is 0.481 e. The highest BCUT2D eigenvalue weighted by atomic mass is 127. The molecule has 0 aliphatic heterocycles. The van der Waals surface area contributed by atoms with E-state index in [1.54, 1.807) is 0 Å². The van der Waals surface area contributed by atoms with Gasteiger partial charge in [-0.3, -0.25) is 9.59 Å². The molecule has 0 aromatic heterocycles. The summed E-state index contributed by atoms with van der Waals surface area (Å²) in [5.41, 5.74) is 0.696. The van der Waals surface area contributed by atoms with Crippen LogP contribution in [0, 0.1) is 15.4 Å². The molecule has 4 heteroatoms. The standard InChI is InChI=1S/C13H13IO3/c14-11-5-3-8(4-6-11)12(15)9-1-2-10(7-9)13(16)17/h3-6,9-10H,1-2,7H2,(H,16,17). The lowest BCUT2D eigenvalue weighted by Gasteiger charge is -2.08. The van der Waals surface area contributed by atoms with E-state index in [0.717, 1.165) is 3.57 Å². The van der Waals surface area contributed by atoms with Crippen LogP contribution in [0.2, 0.25) is 0 Å². The fourth-order valence-electron chi connectivity index (χ4n) is 2.29. The van der Waals surface area contributed by atoms with Crippen LogP contribution in [0.3, 0.4) is 0 Å². The van der Waals surface area contributed by atoms with Crippen molar-refractivity contribution in [3.05, 3.63) is 33.4 Å². The van der Waals surface area contributed by atoms with Crippen LogP contribution in [0.5, 0.6) is 0 Å². The first kappa shape index (κ1) is 12.5. The number of benzene rings is 1. The average Bonchev–Trinajstić information content (AvgIpc) is 2.78. The van der Waals surface area contributed by atoms with Crippen LogP contribution in [-0.2, 0) is 4.79 Å². The molecule has 0 radical (unpaired) electrons. The molecular formula is C13H13IO3. The second-order valence-electron chi connectivity index (χ2n) is 4.42. The van der Waals surface area contributed by atoms with E-state index < -0.39 is 5.97 Å². The molecule has 1 aromatic carbocycles. The van der Waals surface area contributed by atoms with E-state index in [4.69, 9.17) is 5.11 Å². The maximum absolute atomic E-state index is 12.1. The number of rotatable bonds is 3. The predicted octanol–water partition coefficient (Wildman–Crippen LogP) is 2.97. The summed E-state index contributed by atoms with van der Waals surface area (Å²) < 4.78 is 1.09. The van der Waals surface area contributed by atoms with Gasteiger partial charge in [0.05, 0.1) is 5.92 Å². The summed E-state index contributed by atoms with van der Waals surface area (Å²) in [7, 11) is 0. The zero-order chi connectivity index (χ0) is 12.4. The van der Waals surface area contributed by atoms with Crippen LogP contribution >= 0.6 is 22.6 Å². The molecule has 0 bridgehead atoms. The lowest BCUT2D eigenvalue weighted by atomic mass is 9.95. The van der Waals surface area contributed by atoms with Crippen LogP contribution in [0.15, 0.2) is 24.3 Å². The number of hydrogen-bond donors (Lipinski definition) is 1. The van der Waals surface area contributed by atoms with Gasteiger partial charge >= 0.3 is 5.97 Å². The summed E-state index contributed by atoms with van der Waals surface area (Å²) in [6.07, 6.45) is 1.80. The molecule has 3 nitrogen and oxygen atoms in total. The molecule has 0 saturated heterocycles. The summed E-state index contributed by atoms with van der Waals surface area (Å²) in [5.74, 6) is -1.14. The van der Waals surface area contributed by atoms with Crippen LogP contribution < -0.4 is 0 Å². The number of halogens is 1. The number of carboxylic acids is 1. The molecule has 0 amide bonds. The van der Waals surface area contributed by atoms with Crippen molar-refractivity contribution >= 4 is 34.3 Å². The normalized spacial score (nSPS) is 23.6. The van der Waals surface area contributed by atoms with Crippen molar-refractivity contribution in [1.29, 1.82) is 0 Å². The molecule has 17 heavy (non-hydrogen) atoms. The Balaban J connectivity index is 2.07. The molecule has 1 aliphatic rings. The van der Waals surface area contributed by atoms with Gasteiger partial charge in [-0.15, -0.1) is 0 Å². The van der Waals surface area contributed by atoms with Crippen molar-refractivity contribution in [2.75, 3.05) is 0 Å². The quantitative estimate of drug-likeness (QED) is 0.678. The van der Waals surface area contributed by atoms with E-state index in [2.05, 4.69) is 22.6 Å². The molecule has 1 fully saturated rings. The van der Waals surface area contributed by atoms with Crippen LogP contribution in [-0.4, -0.2) is 16.9 Å². The summed E-state index contributed by atoms with van der Waals surface area (Å²) in [6.45, 7) is 0. The SMILES string of the molecule is O=C(O)C1CCC(C(=O)c2ccc(I)cc2)C1. The summed E-state index contributed by atoms with van der Waals surface area (Å²) in [5, 5.41) is 8.91. The van der Waals surface area contributed by atoms with Crippen LogP contribution in [0.25, 0.3) is 0 Å². The van der Waals surface area contributed by atoms with Gasteiger partial charge in [-0.1, -0.05) is 12.1 Å². The molecular weight excluding hydrogens is 331 g/mol. The van der Waals surface area contributed by atoms with E-state index in [1.165, 1.54) is 0 Å². The van der Waals surface area contributed by atoms with Gasteiger partial charge in [0.2, 0.25) is 0 Å². The van der Waals surface area contributed by atoms with Gasteiger partial charge in [-0.05, 0) is 54.0 Å². The van der Waals surface area contributed by atoms with Gasteiger partial charge in [-0.25, -0.2) is 0 Å². The molecule has 1 aromatic rings. The van der Waals surface area contributed by atoms with Crippen molar-refractivity contribution in [2.45, 2.75) is 19.3 Å². The molecule has 0 heterocycles. The molecule has 1 saturated carbocycles. The first-order chi connectivity index (χ1) is 8.08. The zero-order valence-corrected chi connectivity index (χ0v) is 11.4. The second kappa shape index (κ2) is 5.16. The first-order valence-electron chi connectivity index (χ1n) is 5.60. The number of ketones is 1. The molecule has 1 aliphatic carbocycles. The lowest BCUT2D eigenvalue weighted by Crippen LogP contribution is -2.14.